The van der Waals surface area contributed by atoms with Gasteiger partial charge in [0.05, 0.1) is 11.6 Å². The van der Waals surface area contributed by atoms with Crippen LogP contribution in [0, 0.1) is 13.8 Å². The average molecular weight is 297 g/mol. The molecular formula is C12H15N3O4S. The monoisotopic (exact) mass is 297 g/mol. The van der Waals surface area contributed by atoms with Gasteiger partial charge in [0.25, 0.3) is 11.5 Å². The third-order valence-electron chi connectivity index (χ3n) is 3.37. The number of carboxylic acid groups (broad SMARTS) is 1. The Morgan fingerprint density at radius 3 is 2.65 bits per heavy atom. The number of nitrogens with zero attached hydrogens (tertiary/aromatic N) is 3. The van der Waals surface area contributed by atoms with Crippen molar-refractivity contribution < 1.29 is 14.7 Å². The molecule has 0 radical (unpaired) electrons. The predicted molar refractivity (Wildman–Crippen MR) is 73.9 cm³/mol. The van der Waals surface area contributed by atoms with Crippen molar-refractivity contribution in [2.45, 2.75) is 19.9 Å². The molecule has 2 rings (SSSR count). The van der Waals surface area contributed by atoms with Gasteiger partial charge in [0.1, 0.15) is 11.6 Å². The minimum Gasteiger partial charge on any atom is -0.480 e. The smallest absolute Gasteiger partial charge is 0.327 e. The normalized spacial score (nSPS) is 18.4. The Morgan fingerprint density at radius 1 is 1.40 bits per heavy atom. The topological polar surface area (TPSA) is 92.5 Å². The number of rotatable bonds is 2. The maximum atomic E-state index is 12.5. The van der Waals surface area contributed by atoms with Gasteiger partial charge in [-0.25, -0.2) is 9.48 Å². The quantitative estimate of drug-likeness (QED) is 0.826. The summed E-state index contributed by atoms with van der Waals surface area (Å²) >= 11 is 1.36. The molecule has 8 heteroatoms. The number of aromatic nitrogens is 2. The molecule has 0 unspecified atom stereocenters. The summed E-state index contributed by atoms with van der Waals surface area (Å²) in [7, 11) is 1.47. The molecule has 0 saturated carbocycles. The van der Waals surface area contributed by atoms with Crippen LogP contribution in [0.25, 0.3) is 0 Å². The fourth-order valence-electron chi connectivity index (χ4n) is 2.09. The van der Waals surface area contributed by atoms with Crippen LogP contribution < -0.4 is 5.56 Å². The Morgan fingerprint density at radius 2 is 2.05 bits per heavy atom. The maximum Gasteiger partial charge on any atom is 0.327 e. The molecule has 0 spiro atoms. The fraction of sp³-hybridized carbons (Fsp3) is 0.500. The number of hydrogen-bond donors (Lipinski definition) is 1. The van der Waals surface area contributed by atoms with Gasteiger partial charge in [-0.1, -0.05) is 0 Å². The molecule has 1 aromatic heterocycles. The van der Waals surface area contributed by atoms with Gasteiger partial charge in [0.15, 0.2) is 0 Å². The zero-order chi connectivity index (χ0) is 15.0. The van der Waals surface area contributed by atoms with E-state index in [1.165, 1.54) is 23.7 Å². The highest BCUT2D eigenvalue weighted by atomic mass is 32.2. The number of aryl methyl sites for hydroxylation is 2. The van der Waals surface area contributed by atoms with Crippen LogP contribution in [0.2, 0.25) is 0 Å². The number of carboxylic acids is 1. The first kappa shape index (κ1) is 14.6. The van der Waals surface area contributed by atoms with Crippen LogP contribution in [0.5, 0.6) is 0 Å². The van der Waals surface area contributed by atoms with Crippen molar-refractivity contribution in [2.75, 3.05) is 11.6 Å². The second-order valence-corrected chi connectivity index (χ2v) is 5.64. The van der Waals surface area contributed by atoms with Crippen molar-refractivity contribution in [3.63, 3.8) is 0 Å². The standard InChI is InChI=1S/C12H15N3O4S/c1-6-7(2)13-14(3)10(16)9(6)11(17)15-5-20-4-8(15)12(18)19/h8H,4-5H2,1-3H3,(H,18,19)/t8-/m1/s1. The second-order valence-electron chi connectivity index (χ2n) is 4.64. The highest BCUT2D eigenvalue weighted by Crippen LogP contribution is 2.23. The van der Waals surface area contributed by atoms with Crippen LogP contribution in [0.4, 0.5) is 0 Å². The second kappa shape index (κ2) is 5.28. The van der Waals surface area contributed by atoms with E-state index in [0.29, 0.717) is 17.0 Å². The lowest BCUT2D eigenvalue weighted by Gasteiger charge is -2.21. The third kappa shape index (κ3) is 2.31. The van der Waals surface area contributed by atoms with Crippen molar-refractivity contribution in [1.82, 2.24) is 14.7 Å². The highest BCUT2D eigenvalue weighted by Gasteiger charge is 2.36. The molecule has 0 bridgehead atoms. The van der Waals surface area contributed by atoms with Gasteiger partial charge < -0.3 is 10.0 Å². The number of aliphatic carboxylic acids is 1. The number of hydrogen-bond acceptors (Lipinski definition) is 5. The van der Waals surface area contributed by atoms with E-state index < -0.39 is 23.5 Å². The van der Waals surface area contributed by atoms with Gasteiger partial charge in [-0.15, -0.1) is 11.8 Å². The highest BCUT2D eigenvalue weighted by molar-refractivity contribution is 7.99. The first-order valence-corrected chi connectivity index (χ1v) is 7.16. The molecule has 20 heavy (non-hydrogen) atoms. The number of carbonyl (C=O) groups excluding carboxylic acids is 1. The van der Waals surface area contributed by atoms with Crippen molar-refractivity contribution in [1.29, 1.82) is 0 Å². The lowest BCUT2D eigenvalue weighted by molar-refractivity contribution is -0.140. The maximum absolute atomic E-state index is 12.5. The van der Waals surface area contributed by atoms with E-state index in [1.807, 2.05) is 0 Å². The summed E-state index contributed by atoms with van der Waals surface area (Å²) in [5.41, 5.74) is 0.584. The largest absolute Gasteiger partial charge is 0.480 e. The van der Waals surface area contributed by atoms with Crippen molar-refractivity contribution in [3.8, 4) is 0 Å². The predicted octanol–water partition coefficient (Wildman–Crippen LogP) is -0.00316. The molecule has 1 saturated heterocycles. The van der Waals surface area contributed by atoms with Gasteiger partial charge in [0, 0.05) is 12.8 Å². The Kier molecular flexibility index (Phi) is 3.85. The Hall–Kier alpha value is -1.83. The summed E-state index contributed by atoms with van der Waals surface area (Å²) < 4.78 is 1.11. The molecule has 2 heterocycles. The van der Waals surface area contributed by atoms with Crippen LogP contribution in [0.3, 0.4) is 0 Å². The molecule has 7 nitrogen and oxygen atoms in total. The lowest BCUT2D eigenvalue weighted by Crippen LogP contribution is -2.44. The minimum atomic E-state index is -1.05. The van der Waals surface area contributed by atoms with Gasteiger partial charge in [0.2, 0.25) is 0 Å². The molecule has 1 fully saturated rings. The van der Waals surface area contributed by atoms with Gasteiger partial charge in [-0.05, 0) is 19.4 Å². The molecule has 1 aliphatic rings. The molecule has 108 valence electrons. The van der Waals surface area contributed by atoms with Gasteiger partial charge in [-0.3, -0.25) is 9.59 Å². The zero-order valence-corrected chi connectivity index (χ0v) is 12.2. The molecule has 0 aliphatic carbocycles. The summed E-state index contributed by atoms with van der Waals surface area (Å²) in [6.07, 6.45) is 0. The Labute approximate surface area is 119 Å². The van der Waals surface area contributed by atoms with E-state index in [9.17, 15) is 14.4 Å². The number of carbonyl (C=O) groups is 2. The molecule has 1 amide bonds. The van der Waals surface area contributed by atoms with Crippen molar-refractivity contribution in [2.24, 2.45) is 7.05 Å². The molecular weight excluding hydrogens is 282 g/mol. The summed E-state index contributed by atoms with van der Waals surface area (Å²) in [6, 6.07) is -0.884. The van der Waals surface area contributed by atoms with Gasteiger partial charge >= 0.3 is 5.97 Å². The fourth-order valence-corrected chi connectivity index (χ4v) is 3.24. The molecule has 1 N–H and O–H groups in total. The average Bonchev–Trinajstić information content (AvgIpc) is 2.86. The summed E-state index contributed by atoms with van der Waals surface area (Å²) in [6.45, 7) is 3.36. The van der Waals surface area contributed by atoms with Crippen LogP contribution in [0.15, 0.2) is 4.79 Å². The first-order chi connectivity index (χ1) is 9.34. The minimum absolute atomic E-state index is 0.00810. The van der Waals surface area contributed by atoms with E-state index in [1.54, 1.807) is 13.8 Å². The van der Waals surface area contributed by atoms with E-state index in [0.717, 1.165) is 4.68 Å². The van der Waals surface area contributed by atoms with E-state index in [4.69, 9.17) is 5.11 Å². The van der Waals surface area contributed by atoms with Crippen molar-refractivity contribution in [3.05, 3.63) is 27.2 Å². The molecule has 1 atom stereocenters. The van der Waals surface area contributed by atoms with Crippen LogP contribution >= 0.6 is 11.8 Å². The van der Waals surface area contributed by atoms with E-state index in [2.05, 4.69) is 5.10 Å². The third-order valence-corrected chi connectivity index (χ3v) is 4.38. The van der Waals surface area contributed by atoms with E-state index in [-0.39, 0.29) is 11.4 Å². The number of amides is 1. The Bertz CT molecular complexity index is 640. The number of thioether (sulfide) groups is 1. The van der Waals surface area contributed by atoms with Crippen LogP contribution in [0.1, 0.15) is 21.6 Å². The first-order valence-electron chi connectivity index (χ1n) is 6.00. The summed E-state index contributed by atoms with van der Waals surface area (Å²) in [5.74, 6) is -0.973. The summed E-state index contributed by atoms with van der Waals surface area (Å²) in [5, 5.41) is 13.1. The summed E-state index contributed by atoms with van der Waals surface area (Å²) in [4.78, 5) is 37.0. The van der Waals surface area contributed by atoms with Gasteiger partial charge in [-0.2, -0.15) is 5.10 Å². The van der Waals surface area contributed by atoms with E-state index >= 15 is 0 Å². The van der Waals surface area contributed by atoms with Crippen LogP contribution in [-0.4, -0.2) is 49.3 Å². The SMILES string of the molecule is Cc1nn(C)c(=O)c(C(=O)N2CSC[C@@H]2C(=O)O)c1C. The Balaban J connectivity index is 2.49. The molecule has 1 aromatic rings. The molecule has 1 aliphatic heterocycles. The lowest BCUT2D eigenvalue weighted by atomic mass is 10.1. The molecule has 0 aromatic carbocycles. The zero-order valence-electron chi connectivity index (χ0n) is 11.4. The van der Waals surface area contributed by atoms with Crippen LogP contribution in [-0.2, 0) is 11.8 Å². The van der Waals surface area contributed by atoms with Crippen molar-refractivity contribution >= 4 is 23.6 Å².